The van der Waals surface area contributed by atoms with Crippen LogP contribution in [0.3, 0.4) is 0 Å². The van der Waals surface area contributed by atoms with Gasteiger partial charge in [-0.3, -0.25) is 20.4 Å². The normalized spacial score (nSPS) is 10.0. The lowest BCUT2D eigenvalue weighted by Crippen LogP contribution is -2.29. The first kappa shape index (κ1) is 14.8. The average molecular weight is 307 g/mol. The Balaban J connectivity index is 1.93. The van der Waals surface area contributed by atoms with Crippen molar-refractivity contribution < 1.29 is 19.4 Å². The van der Waals surface area contributed by atoms with Gasteiger partial charge >= 0.3 is 6.33 Å². The van der Waals surface area contributed by atoms with E-state index in [1.54, 1.807) is 0 Å². The summed E-state index contributed by atoms with van der Waals surface area (Å²) < 4.78 is 1.99. The average Bonchev–Trinajstić information content (AvgIpc) is 2.85. The summed E-state index contributed by atoms with van der Waals surface area (Å²) >= 11 is 0. The van der Waals surface area contributed by atoms with Gasteiger partial charge in [-0.25, -0.2) is 4.68 Å². The van der Waals surface area contributed by atoms with E-state index in [0.29, 0.717) is 5.69 Å². The molecule has 2 aromatic rings. The largest absolute Gasteiger partial charge is 0.373 e. The van der Waals surface area contributed by atoms with Crippen molar-refractivity contribution in [2.75, 3.05) is 5.32 Å². The van der Waals surface area contributed by atoms with E-state index in [0.717, 1.165) is 22.0 Å². The van der Waals surface area contributed by atoms with Crippen LogP contribution in [0.15, 0.2) is 36.9 Å². The molecule has 1 aromatic heterocycles. The SMILES string of the molecule is O=C(Cn1c[n+]([N-][N+](=O)[O-])cn1)Nc1ccc([N+](=O)[O-])cc1. The van der Waals surface area contributed by atoms with E-state index in [2.05, 4.69) is 16.0 Å². The zero-order valence-electron chi connectivity index (χ0n) is 10.9. The number of aromatic nitrogens is 3. The molecule has 0 bridgehead atoms. The van der Waals surface area contributed by atoms with Gasteiger partial charge in [0.25, 0.3) is 17.9 Å². The molecule has 2 rings (SSSR count). The Morgan fingerprint density at radius 1 is 1.32 bits per heavy atom. The number of carbonyl (C=O) groups excluding carboxylic acids is 1. The highest BCUT2D eigenvalue weighted by molar-refractivity contribution is 5.90. The quantitative estimate of drug-likeness (QED) is 0.452. The molecule has 114 valence electrons. The molecule has 12 nitrogen and oxygen atoms in total. The summed E-state index contributed by atoms with van der Waals surface area (Å²) in [4.78, 5) is 31.9. The van der Waals surface area contributed by atoms with Gasteiger partial charge in [-0.15, -0.1) is 5.03 Å². The summed E-state index contributed by atoms with van der Waals surface area (Å²) in [6, 6.07) is 5.30. The number of nitrogens with zero attached hydrogens (tertiary/aromatic N) is 6. The minimum Gasteiger partial charge on any atom is -0.373 e. The third-order valence-electron chi connectivity index (χ3n) is 2.41. The molecule has 22 heavy (non-hydrogen) atoms. The van der Waals surface area contributed by atoms with E-state index in [9.17, 15) is 25.0 Å². The summed E-state index contributed by atoms with van der Waals surface area (Å²) in [5, 5.41) is 26.0. The number of amides is 1. The fraction of sp³-hybridized carbons (Fsp3) is 0.100. The van der Waals surface area contributed by atoms with Gasteiger partial charge in [-0.05, 0) is 16.8 Å². The summed E-state index contributed by atoms with van der Waals surface area (Å²) in [7, 11) is 0. The zero-order chi connectivity index (χ0) is 16.1. The van der Waals surface area contributed by atoms with E-state index >= 15 is 0 Å². The predicted molar refractivity (Wildman–Crippen MR) is 69.9 cm³/mol. The van der Waals surface area contributed by atoms with Gasteiger partial charge in [-0.1, -0.05) is 0 Å². The highest BCUT2D eigenvalue weighted by Crippen LogP contribution is 2.15. The molecule has 1 amide bonds. The molecule has 0 unspecified atom stereocenters. The van der Waals surface area contributed by atoms with Crippen molar-refractivity contribution in [1.29, 1.82) is 0 Å². The number of benzene rings is 1. The number of nitro groups is 2. The first-order valence-electron chi connectivity index (χ1n) is 5.78. The Hall–Kier alpha value is -3.57. The minimum absolute atomic E-state index is 0.0903. The topological polar surface area (TPSA) is 151 Å². The lowest BCUT2D eigenvalue weighted by atomic mass is 10.3. The number of hydrogen-bond donors (Lipinski definition) is 1. The van der Waals surface area contributed by atoms with Crippen LogP contribution in [0, 0.1) is 20.2 Å². The molecule has 0 saturated heterocycles. The Labute approximate surface area is 122 Å². The van der Waals surface area contributed by atoms with Crippen LogP contribution >= 0.6 is 0 Å². The van der Waals surface area contributed by atoms with E-state index in [1.807, 2.05) is 0 Å². The monoisotopic (exact) mass is 307 g/mol. The van der Waals surface area contributed by atoms with Gasteiger partial charge in [-0.2, -0.15) is 0 Å². The number of anilines is 1. The molecular formula is C10H9N7O5. The van der Waals surface area contributed by atoms with Gasteiger partial charge in [0.05, 0.1) is 4.92 Å². The number of nitro benzene ring substituents is 1. The maximum absolute atomic E-state index is 11.8. The molecule has 1 aromatic carbocycles. The van der Waals surface area contributed by atoms with Crippen molar-refractivity contribution in [3.63, 3.8) is 0 Å². The second-order valence-electron chi connectivity index (χ2n) is 4.00. The van der Waals surface area contributed by atoms with Gasteiger partial charge in [0, 0.05) is 17.8 Å². The van der Waals surface area contributed by atoms with Crippen LogP contribution in [-0.4, -0.2) is 25.6 Å². The molecule has 0 aliphatic carbocycles. The molecule has 0 radical (unpaired) electrons. The number of hydrogen-bond acceptors (Lipinski definition) is 6. The number of carbonyl (C=O) groups is 1. The molecule has 0 fully saturated rings. The van der Waals surface area contributed by atoms with Crippen molar-refractivity contribution in [3.8, 4) is 0 Å². The summed E-state index contributed by atoms with van der Waals surface area (Å²) in [6.07, 6.45) is 2.24. The van der Waals surface area contributed by atoms with Crippen LogP contribution in [0.25, 0.3) is 5.53 Å². The van der Waals surface area contributed by atoms with Crippen LogP contribution in [-0.2, 0) is 11.3 Å². The number of nitrogens with one attached hydrogen (secondary N) is 1. The lowest BCUT2D eigenvalue weighted by Gasteiger charge is -2.07. The molecule has 0 aliphatic rings. The third kappa shape index (κ3) is 3.96. The molecule has 1 heterocycles. The van der Waals surface area contributed by atoms with E-state index in [-0.39, 0.29) is 12.2 Å². The maximum atomic E-state index is 11.8. The van der Waals surface area contributed by atoms with Gasteiger partial charge in [0.15, 0.2) is 0 Å². The Morgan fingerprint density at radius 2 is 2.00 bits per heavy atom. The number of non-ortho nitro benzene ring substituents is 1. The smallest absolute Gasteiger partial charge is 0.332 e. The van der Waals surface area contributed by atoms with Crippen LogP contribution in [0.5, 0.6) is 0 Å². The summed E-state index contributed by atoms with van der Waals surface area (Å²) in [5.74, 6) is -0.454. The lowest BCUT2D eigenvalue weighted by molar-refractivity contribution is -0.738. The fourth-order valence-electron chi connectivity index (χ4n) is 1.54. The molecular weight excluding hydrogens is 298 g/mol. The molecule has 0 spiro atoms. The third-order valence-corrected chi connectivity index (χ3v) is 2.41. The molecule has 1 N–H and O–H groups in total. The highest BCUT2D eigenvalue weighted by Gasteiger charge is 2.14. The number of rotatable bonds is 6. The van der Waals surface area contributed by atoms with Crippen LogP contribution in [0.1, 0.15) is 0 Å². The predicted octanol–water partition coefficient (Wildman–Crippen LogP) is 0.0460. The molecule has 0 atom stereocenters. The second kappa shape index (κ2) is 6.25. The van der Waals surface area contributed by atoms with Crippen LogP contribution in [0.2, 0.25) is 0 Å². The summed E-state index contributed by atoms with van der Waals surface area (Å²) in [6.45, 7) is -0.197. The molecule has 0 saturated carbocycles. The fourth-order valence-corrected chi connectivity index (χ4v) is 1.54. The summed E-state index contributed by atoms with van der Waals surface area (Å²) in [5.41, 5.74) is 3.25. The van der Waals surface area contributed by atoms with Crippen molar-refractivity contribution in [1.82, 2.24) is 9.78 Å². The van der Waals surface area contributed by atoms with Gasteiger partial charge in [0.1, 0.15) is 5.10 Å². The molecule has 12 heteroatoms. The minimum atomic E-state index is -0.900. The first-order valence-corrected chi connectivity index (χ1v) is 5.78. The first-order chi connectivity index (χ1) is 10.4. The zero-order valence-corrected chi connectivity index (χ0v) is 10.9. The second-order valence-corrected chi connectivity index (χ2v) is 4.00. The van der Waals surface area contributed by atoms with Crippen molar-refractivity contribution in [2.24, 2.45) is 0 Å². The standard InChI is InChI=1S/C10H9N7O5/c18-10(5-14-7-15(6-11-14)13-17(21)22)12-8-1-3-9(4-2-8)16(19)20/h1-4,6-7H,5H2,(H,12,18). The van der Waals surface area contributed by atoms with Crippen LogP contribution < -0.4 is 9.99 Å². The Bertz CT molecular complexity index is 711. The van der Waals surface area contributed by atoms with Crippen molar-refractivity contribution >= 4 is 17.3 Å². The van der Waals surface area contributed by atoms with Gasteiger partial charge < -0.3 is 15.4 Å². The van der Waals surface area contributed by atoms with Crippen LogP contribution in [0.4, 0.5) is 11.4 Å². The molecule has 0 aliphatic heterocycles. The van der Waals surface area contributed by atoms with Gasteiger partial charge in [0.2, 0.25) is 6.54 Å². The highest BCUT2D eigenvalue weighted by atomic mass is 16.7. The van der Waals surface area contributed by atoms with Crippen molar-refractivity contribution in [3.05, 3.63) is 62.7 Å². The van der Waals surface area contributed by atoms with E-state index in [1.165, 1.54) is 24.3 Å². The maximum Gasteiger partial charge on any atom is 0.332 e. The van der Waals surface area contributed by atoms with E-state index in [4.69, 9.17) is 0 Å². The van der Waals surface area contributed by atoms with Crippen molar-refractivity contribution in [2.45, 2.75) is 6.54 Å². The Morgan fingerprint density at radius 3 is 2.59 bits per heavy atom. The van der Waals surface area contributed by atoms with E-state index < -0.39 is 15.9 Å². The Kier molecular flexibility index (Phi) is 4.22.